The predicted molar refractivity (Wildman–Crippen MR) is 40.2 cm³/mol. The lowest BCUT2D eigenvalue weighted by molar-refractivity contribution is -0.767. The van der Waals surface area contributed by atoms with E-state index in [0.29, 0.717) is 6.42 Å². The van der Waals surface area contributed by atoms with E-state index in [1.165, 1.54) is 14.1 Å². The quantitative estimate of drug-likeness (QED) is 0.445. The zero-order valence-corrected chi connectivity index (χ0v) is 7.50. The maximum Gasteiger partial charge on any atom is 0.432 e. The number of aliphatic hydroxyl groups excluding tert-OH is 1. The third-order valence-corrected chi connectivity index (χ3v) is 2.91. The van der Waals surface area contributed by atoms with E-state index < -0.39 is 14.2 Å². The number of hydrogen-bond donors (Lipinski definition) is 2. The molecule has 0 heterocycles. The van der Waals surface area contributed by atoms with Crippen LogP contribution < -0.4 is 0 Å². The molecule has 2 N–H and O–H groups in total. The highest BCUT2D eigenvalue weighted by atomic mass is 32.2. The van der Waals surface area contributed by atoms with Gasteiger partial charge in [-0.15, -0.1) is 8.42 Å². The van der Waals surface area contributed by atoms with Crippen molar-refractivity contribution < 1.29 is 22.0 Å². The fourth-order valence-electron chi connectivity index (χ4n) is 0.567. The van der Waals surface area contributed by atoms with Gasteiger partial charge in [0, 0.05) is 13.0 Å². The SMILES string of the molecule is C[N+](C)(CCCO)S(=O)(=O)O. The Kier molecular flexibility index (Phi) is 3.43. The van der Waals surface area contributed by atoms with Crippen LogP contribution in [0.15, 0.2) is 0 Å². The average Bonchev–Trinajstić information content (AvgIpc) is 1.81. The standard InChI is InChI=1S/C5H13NO4S/c1-6(2,4-3-5-7)11(8,9)10/h7H,3-5H2,1-2H3/p+1. The van der Waals surface area contributed by atoms with Gasteiger partial charge in [-0.05, 0) is 0 Å². The molecule has 0 amide bonds. The summed E-state index contributed by atoms with van der Waals surface area (Å²) in [6.07, 6.45) is 0.354. The van der Waals surface area contributed by atoms with E-state index in [-0.39, 0.29) is 13.2 Å². The molecule has 6 heteroatoms. The van der Waals surface area contributed by atoms with Crippen LogP contribution in [0.3, 0.4) is 0 Å². The predicted octanol–water partition coefficient (Wildman–Crippen LogP) is -0.752. The second-order valence-electron chi connectivity index (χ2n) is 2.82. The largest absolute Gasteiger partial charge is 0.432 e. The van der Waals surface area contributed by atoms with Crippen LogP contribution in [0.25, 0.3) is 0 Å². The van der Waals surface area contributed by atoms with Gasteiger partial charge >= 0.3 is 10.3 Å². The van der Waals surface area contributed by atoms with Crippen molar-refractivity contribution in [3.8, 4) is 0 Å². The van der Waals surface area contributed by atoms with Gasteiger partial charge in [0.05, 0.1) is 20.6 Å². The van der Waals surface area contributed by atoms with E-state index in [1.54, 1.807) is 0 Å². The third-order valence-electron chi connectivity index (χ3n) is 1.48. The first kappa shape index (κ1) is 10.8. The van der Waals surface area contributed by atoms with Crippen LogP contribution in [0.1, 0.15) is 6.42 Å². The molecule has 0 aromatic heterocycles. The Morgan fingerprint density at radius 2 is 1.82 bits per heavy atom. The highest BCUT2D eigenvalue weighted by Crippen LogP contribution is 2.05. The first-order valence-corrected chi connectivity index (χ1v) is 4.62. The van der Waals surface area contributed by atoms with Crippen molar-refractivity contribution >= 4 is 10.3 Å². The van der Waals surface area contributed by atoms with Crippen molar-refractivity contribution in [2.24, 2.45) is 0 Å². The van der Waals surface area contributed by atoms with Crippen molar-refractivity contribution in [1.29, 1.82) is 0 Å². The molecule has 0 fully saturated rings. The van der Waals surface area contributed by atoms with Gasteiger partial charge < -0.3 is 5.11 Å². The lowest BCUT2D eigenvalue weighted by Crippen LogP contribution is -2.45. The van der Waals surface area contributed by atoms with Crippen LogP contribution in [0.2, 0.25) is 0 Å². The van der Waals surface area contributed by atoms with Gasteiger partial charge in [-0.25, -0.2) is 4.55 Å². The van der Waals surface area contributed by atoms with E-state index in [9.17, 15) is 8.42 Å². The van der Waals surface area contributed by atoms with E-state index in [4.69, 9.17) is 9.66 Å². The molecule has 0 aromatic rings. The van der Waals surface area contributed by atoms with Crippen molar-refractivity contribution in [3.05, 3.63) is 0 Å². The Bertz CT molecular complexity index is 209. The summed E-state index contributed by atoms with van der Waals surface area (Å²) in [7, 11) is -1.32. The summed E-state index contributed by atoms with van der Waals surface area (Å²) < 4.78 is 29.3. The molecule has 0 aliphatic heterocycles. The molecule has 0 unspecified atom stereocenters. The van der Waals surface area contributed by atoms with Gasteiger partial charge in [-0.3, -0.25) is 0 Å². The van der Waals surface area contributed by atoms with Crippen LogP contribution in [0.5, 0.6) is 0 Å². The van der Waals surface area contributed by atoms with E-state index >= 15 is 0 Å². The summed E-state index contributed by atoms with van der Waals surface area (Å²) in [5.41, 5.74) is 0. The second-order valence-corrected chi connectivity index (χ2v) is 4.71. The molecule has 68 valence electrons. The lowest BCUT2D eigenvalue weighted by Gasteiger charge is -2.23. The van der Waals surface area contributed by atoms with Gasteiger partial charge in [0.1, 0.15) is 0 Å². The van der Waals surface area contributed by atoms with Crippen molar-refractivity contribution in [2.75, 3.05) is 27.2 Å². The molecule has 5 nitrogen and oxygen atoms in total. The smallest absolute Gasteiger partial charge is 0.396 e. The number of rotatable bonds is 4. The third kappa shape index (κ3) is 3.15. The fourth-order valence-corrected chi connectivity index (χ4v) is 0.927. The molecular weight excluding hydrogens is 170 g/mol. The fraction of sp³-hybridized carbons (Fsp3) is 1.00. The highest BCUT2D eigenvalue weighted by Gasteiger charge is 2.29. The molecule has 0 aliphatic carbocycles. The molecule has 0 saturated carbocycles. The van der Waals surface area contributed by atoms with E-state index in [0.717, 1.165) is 0 Å². The van der Waals surface area contributed by atoms with Crippen LogP contribution >= 0.6 is 0 Å². The van der Waals surface area contributed by atoms with Gasteiger partial charge in [0.25, 0.3) is 0 Å². The minimum atomic E-state index is -4.05. The average molecular weight is 184 g/mol. The minimum absolute atomic E-state index is 0.0722. The molecule has 0 aromatic carbocycles. The number of hydrogen-bond acceptors (Lipinski definition) is 3. The first-order valence-electron chi connectivity index (χ1n) is 3.23. The summed E-state index contributed by atoms with van der Waals surface area (Å²) in [6, 6.07) is 0. The Morgan fingerprint density at radius 1 is 1.36 bits per heavy atom. The number of quaternary nitrogens is 1. The first-order chi connectivity index (χ1) is 4.81. The highest BCUT2D eigenvalue weighted by molar-refractivity contribution is 7.80. The van der Waals surface area contributed by atoms with Gasteiger partial charge in [-0.1, -0.05) is 0 Å². The number of aliphatic hydroxyl groups is 1. The van der Waals surface area contributed by atoms with Crippen molar-refractivity contribution in [2.45, 2.75) is 6.42 Å². The Labute approximate surface area is 66.7 Å². The molecule has 0 aliphatic rings. The van der Waals surface area contributed by atoms with Crippen molar-refractivity contribution in [1.82, 2.24) is 0 Å². The molecule has 0 bridgehead atoms. The van der Waals surface area contributed by atoms with Gasteiger partial charge in [0.2, 0.25) is 0 Å². The second kappa shape index (κ2) is 3.48. The summed E-state index contributed by atoms with van der Waals surface area (Å²) in [5.74, 6) is 0. The maximum absolute atomic E-state index is 10.6. The normalized spacial score (nSPS) is 13.5. The van der Waals surface area contributed by atoms with Crippen LogP contribution in [0.4, 0.5) is 0 Å². The molecule has 0 spiro atoms. The monoisotopic (exact) mass is 184 g/mol. The molecule has 0 saturated heterocycles. The summed E-state index contributed by atoms with van der Waals surface area (Å²) in [4.78, 5) is 0. The zero-order valence-electron chi connectivity index (χ0n) is 6.69. The molecule has 11 heavy (non-hydrogen) atoms. The van der Waals surface area contributed by atoms with Gasteiger partial charge in [0.15, 0.2) is 0 Å². The molecular formula is C5H14NO4S+. The topological polar surface area (TPSA) is 74.6 Å². The number of nitrogens with zero attached hydrogens (tertiary/aromatic N) is 1. The zero-order chi connectivity index (χ0) is 9.12. The van der Waals surface area contributed by atoms with Crippen LogP contribution in [-0.2, 0) is 10.3 Å². The van der Waals surface area contributed by atoms with Gasteiger partial charge in [-0.2, -0.15) is 3.89 Å². The van der Waals surface area contributed by atoms with E-state index in [2.05, 4.69) is 0 Å². The summed E-state index contributed by atoms with van der Waals surface area (Å²) in [5, 5.41) is 8.41. The Balaban J connectivity index is 4.24. The Morgan fingerprint density at radius 3 is 2.09 bits per heavy atom. The summed E-state index contributed by atoms with van der Waals surface area (Å²) in [6.45, 7) is 0.131. The Hall–Kier alpha value is -0.170. The minimum Gasteiger partial charge on any atom is -0.396 e. The molecule has 0 radical (unpaired) electrons. The maximum atomic E-state index is 10.6. The van der Waals surface area contributed by atoms with Crippen LogP contribution in [0, 0.1) is 0 Å². The molecule has 0 atom stereocenters. The lowest BCUT2D eigenvalue weighted by atomic mass is 10.4. The summed E-state index contributed by atoms with van der Waals surface area (Å²) >= 11 is 0. The van der Waals surface area contributed by atoms with E-state index in [1.807, 2.05) is 0 Å². The van der Waals surface area contributed by atoms with Crippen LogP contribution in [-0.4, -0.2) is 49.2 Å². The van der Waals surface area contributed by atoms with Crippen molar-refractivity contribution in [3.63, 3.8) is 0 Å². The molecule has 0 rings (SSSR count).